The number of rotatable bonds is 9. The second-order valence-electron chi connectivity index (χ2n) is 4.78. The van der Waals surface area contributed by atoms with Crippen molar-refractivity contribution >= 4 is 11.6 Å². The van der Waals surface area contributed by atoms with Crippen molar-refractivity contribution in [2.24, 2.45) is 0 Å². The van der Waals surface area contributed by atoms with Crippen LogP contribution >= 0.6 is 0 Å². The Morgan fingerprint density at radius 3 is 2.58 bits per heavy atom. The minimum atomic E-state index is 0.368. The Morgan fingerprint density at radius 2 is 1.95 bits per heavy atom. The first-order chi connectivity index (χ1) is 9.20. The first-order valence-electron chi connectivity index (χ1n) is 7.04. The average Bonchev–Trinajstić information content (AvgIpc) is 2.42. The maximum Gasteiger partial charge on any atom is 0.135 e. The van der Waals surface area contributed by atoms with Gasteiger partial charge in [-0.1, -0.05) is 27.2 Å². The Hall–Kier alpha value is -1.36. The molecule has 5 heteroatoms. The van der Waals surface area contributed by atoms with Crippen LogP contribution in [0.3, 0.4) is 0 Å². The lowest BCUT2D eigenvalue weighted by Crippen LogP contribution is -2.14. The quantitative estimate of drug-likeness (QED) is 0.673. The van der Waals surface area contributed by atoms with Crippen molar-refractivity contribution in [3.05, 3.63) is 11.9 Å². The van der Waals surface area contributed by atoms with E-state index in [1.807, 2.05) is 7.05 Å². The van der Waals surface area contributed by atoms with Crippen molar-refractivity contribution in [1.29, 1.82) is 0 Å². The minimum Gasteiger partial charge on any atom is -0.380 e. The van der Waals surface area contributed by atoms with Gasteiger partial charge >= 0.3 is 0 Å². The smallest absolute Gasteiger partial charge is 0.135 e. The largest absolute Gasteiger partial charge is 0.380 e. The van der Waals surface area contributed by atoms with Gasteiger partial charge in [-0.2, -0.15) is 0 Å². The van der Waals surface area contributed by atoms with Gasteiger partial charge in [-0.15, -0.1) is 0 Å². The molecule has 0 aromatic carbocycles. The third-order valence-electron chi connectivity index (χ3n) is 2.88. The van der Waals surface area contributed by atoms with Gasteiger partial charge in [0.2, 0.25) is 0 Å². The Bertz CT molecular complexity index is 368. The van der Waals surface area contributed by atoms with E-state index in [0.29, 0.717) is 12.5 Å². The van der Waals surface area contributed by atoms with Crippen LogP contribution in [0.25, 0.3) is 0 Å². The van der Waals surface area contributed by atoms with Gasteiger partial charge in [0.15, 0.2) is 0 Å². The molecule has 0 fully saturated rings. The molecule has 19 heavy (non-hydrogen) atoms. The van der Waals surface area contributed by atoms with Gasteiger partial charge in [-0.3, -0.25) is 0 Å². The molecule has 1 heterocycles. The number of hydrogen-bond donors (Lipinski definition) is 2. The number of nitrogens with one attached hydrogen (secondary N) is 2. The highest BCUT2D eigenvalue weighted by Gasteiger charge is 2.13. The summed E-state index contributed by atoms with van der Waals surface area (Å²) in [6, 6.07) is 0. The molecule has 0 spiro atoms. The summed E-state index contributed by atoms with van der Waals surface area (Å²) in [6.45, 7) is 8.75. The zero-order valence-corrected chi connectivity index (χ0v) is 12.5. The van der Waals surface area contributed by atoms with Gasteiger partial charge in [0.1, 0.15) is 18.0 Å². The second kappa shape index (κ2) is 8.69. The fourth-order valence-electron chi connectivity index (χ4n) is 1.87. The van der Waals surface area contributed by atoms with Gasteiger partial charge in [-0.25, -0.2) is 9.97 Å². The van der Waals surface area contributed by atoms with Crippen LogP contribution in [0.5, 0.6) is 0 Å². The molecule has 0 aliphatic rings. The van der Waals surface area contributed by atoms with Crippen molar-refractivity contribution < 1.29 is 4.74 Å². The van der Waals surface area contributed by atoms with E-state index in [0.717, 1.165) is 36.8 Å². The van der Waals surface area contributed by atoms with E-state index in [9.17, 15) is 0 Å². The molecular formula is C14H26N4O. The summed E-state index contributed by atoms with van der Waals surface area (Å²) in [5.74, 6) is 2.15. The van der Waals surface area contributed by atoms with Crippen LogP contribution in [0.2, 0.25) is 0 Å². The predicted octanol–water partition coefficient (Wildman–Crippen LogP) is 2.87. The van der Waals surface area contributed by atoms with E-state index in [4.69, 9.17) is 4.74 Å². The summed E-state index contributed by atoms with van der Waals surface area (Å²) in [6.07, 6.45) is 3.87. The fourth-order valence-corrected chi connectivity index (χ4v) is 1.87. The van der Waals surface area contributed by atoms with Crippen LogP contribution in [0, 0.1) is 0 Å². The molecule has 0 saturated heterocycles. The van der Waals surface area contributed by atoms with Crippen LogP contribution in [0.1, 0.15) is 45.1 Å². The van der Waals surface area contributed by atoms with Crippen LogP contribution in [-0.4, -0.2) is 36.8 Å². The summed E-state index contributed by atoms with van der Waals surface area (Å²) in [5.41, 5.74) is 1.12. The van der Waals surface area contributed by atoms with Crippen molar-refractivity contribution in [3.8, 4) is 0 Å². The lowest BCUT2D eigenvalue weighted by molar-refractivity contribution is 0.141. The average molecular weight is 266 g/mol. The van der Waals surface area contributed by atoms with Crippen molar-refractivity contribution in [2.75, 3.05) is 37.4 Å². The zero-order valence-electron chi connectivity index (χ0n) is 12.5. The maximum atomic E-state index is 5.53. The molecule has 0 bridgehead atoms. The Labute approximate surface area is 116 Å². The van der Waals surface area contributed by atoms with E-state index in [1.165, 1.54) is 6.42 Å². The Kier molecular flexibility index (Phi) is 7.18. The van der Waals surface area contributed by atoms with Crippen molar-refractivity contribution in [3.63, 3.8) is 0 Å². The summed E-state index contributed by atoms with van der Waals surface area (Å²) in [7, 11) is 1.88. The lowest BCUT2D eigenvalue weighted by atomic mass is 10.0. The summed E-state index contributed by atoms with van der Waals surface area (Å²) in [4.78, 5) is 8.58. The van der Waals surface area contributed by atoms with E-state index in [1.54, 1.807) is 6.33 Å². The molecule has 2 N–H and O–H groups in total. The molecule has 1 aromatic rings. The molecule has 0 aliphatic heterocycles. The number of aromatic nitrogens is 2. The Morgan fingerprint density at radius 1 is 1.21 bits per heavy atom. The molecule has 0 unspecified atom stereocenters. The van der Waals surface area contributed by atoms with E-state index >= 15 is 0 Å². The third kappa shape index (κ3) is 5.03. The monoisotopic (exact) mass is 266 g/mol. The van der Waals surface area contributed by atoms with Gasteiger partial charge in [0, 0.05) is 25.8 Å². The highest BCUT2D eigenvalue weighted by atomic mass is 16.5. The SMILES string of the molecule is CCCCOCCNc1ncnc(NC)c1C(C)C. The number of nitrogens with zero attached hydrogens (tertiary/aromatic N) is 2. The van der Waals surface area contributed by atoms with Gasteiger partial charge in [0.25, 0.3) is 0 Å². The molecule has 0 radical (unpaired) electrons. The number of ether oxygens (including phenoxy) is 1. The fraction of sp³-hybridized carbons (Fsp3) is 0.714. The molecular weight excluding hydrogens is 240 g/mol. The van der Waals surface area contributed by atoms with Crippen LogP contribution in [0.4, 0.5) is 11.6 Å². The number of hydrogen-bond acceptors (Lipinski definition) is 5. The van der Waals surface area contributed by atoms with Crippen molar-refractivity contribution in [2.45, 2.75) is 39.5 Å². The summed E-state index contributed by atoms with van der Waals surface area (Å²) >= 11 is 0. The van der Waals surface area contributed by atoms with Gasteiger partial charge in [0.05, 0.1) is 6.61 Å². The Balaban J connectivity index is 2.53. The molecule has 0 amide bonds. The van der Waals surface area contributed by atoms with Crippen LogP contribution < -0.4 is 10.6 Å². The topological polar surface area (TPSA) is 59.1 Å². The summed E-state index contributed by atoms with van der Waals surface area (Å²) in [5, 5.41) is 6.44. The lowest BCUT2D eigenvalue weighted by Gasteiger charge is -2.16. The standard InChI is InChI=1S/C14H26N4O/c1-5-6-8-19-9-7-16-14-12(11(2)3)13(15-4)17-10-18-14/h10-11H,5-9H2,1-4H3,(H2,15,16,17,18). The molecule has 0 saturated carbocycles. The van der Waals surface area contributed by atoms with Gasteiger partial charge in [-0.05, 0) is 12.3 Å². The molecule has 0 atom stereocenters. The van der Waals surface area contributed by atoms with E-state index in [-0.39, 0.29) is 0 Å². The molecule has 1 aromatic heterocycles. The third-order valence-corrected chi connectivity index (χ3v) is 2.88. The predicted molar refractivity (Wildman–Crippen MR) is 79.9 cm³/mol. The molecule has 0 aliphatic carbocycles. The first kappa shape index (κ1) is 15.7. The molecule has 108 valence electrons. The second-order valence-corrected chi connectivity index (χ2v) is 4.78. The van der Waals surface area contributed by atoms with E-state index < -0.39 is 0 Å². The first-order valence-corrected chi connectivity index (χ1v) is 7.04. The van der Waals surface area contributed by atoms with Crippen molar-refractivity contribution in [1.82, 2.24) is 9.97 Å². The maximum absolute atomic E-state index is 5.53. The number of unbranched alkanes of at least 4 members (excludes halogenated alkanes) is 1. The normalized spacial score (nSPS) is 10.8. The highest BCUT2D eigenvalue weighted by Crippen LogP contribution is 2.27. The minimum absolute atomic E-state index is 0.368. The van der Waals surface area contributed by atoms with Gasteiger partial charge < -0.3 is 15.4 Å². The molecule has 5 nitrogen and oxygen atoms in total. The van der Waals surface area contributed by atoms with Crippen LogP contribution in [-0.2, 0) is 4.74 Å². The van der Waals surface area contributed by atoms with Crippen LogP contribution in [0.15, 0.2) is 6.33 Å². The molecule has 1 rings (SSSR count). The highest BCUT2D eigenvalue weighted by molar-refractivity contribution is 5.58. The zero-order chi connectivity index (χ0) is 14.1. The summed E-state index contributed by atoms with van der Waals surface area (Å²) < 4.78 is 5.53. The van der Waals surface area contributed by atoms with E-state index in [2.05, 4.69) is 41.4 Å². The number of anilines is 2.